The highest BCUT2D eigenvalue weighted by molar-refractivity contribution is 9.10. The molecular weight excluding hydrogens is 397 g/mol. The average Bonchev–Trinajstić information content (AvgIpc) is 3.12. The minimum atomic E-state index is -0.195. The number of piperazine rings is 1. The molecule has 4 rings (SSSR count). The van der Waals surface area contributed by atoms with Gasteiger partial charge in [0, 0.05) is 42.9 Å². The molecule has 134 valence electrons. The van der Waals surface area contributed by atoms with Gasteiger partial charge in [-0.15, -0.1) is 0 Å². The van der Waals surface area contributed by atoms with Gasteiger partial charge >= 0.3 is 0 Å². The first-order valence-corrected chi connectivity index (χ1v) is 9.40. The van der Waals surface area contributed by atoms with E-state index in [-0.39, 0.29) is 5.82 Å². The Labute approximate surface area is 160 Å². The first-order chi connectivity index (χ1) is 12.7. The average molecular weight is 416 g/mol. The van der Waals surface area contributed by atoms with Gasteiger partial charge in [0.05, 0.1) is 11.3 Å². The normalized spacial score (nSPS) is 15.4. The van der Waals surface area contributed by atoms with Crippen LogP contribution in [0.5, 0.6) is 0 Å². The summed E-state index contributed by atoms with van der Waals surface area (Å²) in [5.41, 5.74) is 2.97. The van der Waals surface area contributed by atoms with Crippen LogP contribution in [0, 0.1) is 5.82 Å². The summed E-state index contributed by atoms with van der Waals surface area (Å²) in [5.74, 6) is 0.441. The number of rotatable bonds is 4. The molecule has 3 aromatic rings. The SMILES string of the molecule is Fc1ccc(N2CCN(Cc3coc(-c4ccccc4Br)n3)CC2)cc1. The number of oxazole rings is 1. The third kappa shape index (κ3) is 3.81. The van der Waals surface area contributed by atoms with E-state index in [0.717, 1.165) is 54.1 Å². The molecule has 0 radical (unpaired) electrons. The van der Waals surface area contributed by atoms with E-state index in [4.69, 9.17) is 4.42 Å². The van der Waals surface area contributed by atoms with Crippen LogP contribution in [0.15, 0.2) is 63.7 Å². The van der Waals surface area contributed by atoms with E-state index in [1.807, 2.05) is 36.4 Å². The van der Waals surface area contributed by atoms with Gasteiger partial charge in [-0.05, 0) is 52.3 Å². The molecule has 0 bridgehead atoms. The molecule has 0 atom stereocenters. The van der Waals surface area contributed by atoms with E-state index >= 15 is 0 Å². The number of aromatic nitrogens is 1. The van der Waals surface area contributed by atoms with Gasteiger partial charge in [-0.2, -0.15) is 0 Å². The number of benzene rings is 2. The van der Waals surface area contributed by atoms with Gasteiger partial charge in [0.2, 0.25) is 5.89 Å². The lowest BCUT2D eigenvalue weighted by Gasteiger charge is -2.35. The molecule has 0 saturated carbocycles. The topological polar surface area (TPSA) is 32.5 Å². The van der Waals surface area contributed by atoms with Gasteiger partial charge in [-0.1, -0.05) is 12.1 Å². The van der Waals surface area contributed by atoms with E-state index in [0.29, 0.717) is 5.89 Å². The van der Waals surface area contributed by atoms with Crippen LogP contribution in [-0.4, -0.2) is 36.1 Å². The molecule has 1 saturated heterocycles. The second-order valence-corrected chi connectivity index (χ2v) is 7.22. The van der Waals surface area contributed by atoms with Crippen molar-refractivity contribution in [3.05, 3.63) is 70.8 Å². The predicted molar refractivity (Wildman–Crippen MR) is 104 cm³/mol. The summed E-state index contributed by atoms with van der Waals surface area (Å²) in [5, 5.41) is 0. The maximum absolute atomic E-state index is 13.1. The Morgan fingerprint density at radius 1 is 1.00 bits per heavy atom. The van der Waals surface area contributed by atoms with Gasteiger partial charge in [-0.3, -0.25) is 4.90 Å². The second-order valence-electron chi connectivity index (χ2n) is 6.36. The molecule has 1 aliphatic rings. The molecule has 6 heteroatoms. The fourth-order valence-electron chi connectivity index (χ4n) is 3.18. The molecule has 2 aromatic carbocycles. The van der Waals surface area contributed by atoms with Crippen molar-refractivity contribution >= 4 is 21.6 Å². The van der Waals surface area contributed by atoms with E-state index in [2.05, 4.69) is 30.7 Å². The molecule has 0 unspecified atom stereocenters. The van der Waals surface area contributed by atoms with E-state index in [1.165, 1.54) is 12.1 Å². The lowest BCUT2D eigenvalue weighted by Crippen LogP contribution is -2.46. The van der Waals surface area contributed by atoms with Gasteiger partial charge < -0.3 is 9.32 Å². The molecular formula is C20H19BrFN3O. The molecule has 1 fully saturated rings. The summed E-state index contributed by atoms with van der Waals surface area (Å²) in [6, 6.07) is 14.6. The number of hydrogen-bond donors (Lipinski definition) is 0. The highest BCUT2D eigenvalue weighted by atomic mass is 79.9. The number of halogens is 2. The Hall–Kier alpha value is -2.18. The van der Waals surface area contributed by atoms with Crippen molar-refractivity contribution in [2.75, 3.05) is 31.1 Å². The minimum absolute atomic E-state index is 0.195. The third-order valence-corrected chi connectivity index (χ3v) is 5.30. The summed E-state index contributed by atoms with van der Waals surface area (Å²) < 4.78 is 19.7. The zero-order valence-electron chi connectivity index (χ0n) is 14.2. The Morgan fingerprint density at radius 2 is 1.73 bits per heavy atom. The summed E-state index contributed by atoms with van der Waals surface area (Å²) in [6.07, 6.45) is 1.74. The molecule has 0 N–H and O–H groups in total. The monoisotopic (exact) mass is 415 g/mol. The van der Waals surface area contributed by atoms with Crippen LogP contribution in [0.2, 0.25) is 0 Å². The molecule has 26 heavy (non-hydrogen) atoms. The van der Waals surface area contributed by atoms with Crippen LogP contribution >= 0.6 is 15.9 Å². The fourth-order valence-corrected chi connectivity index (χ4v) is 3.64. The number of nitrogens with zero attached hydrogens (tertiary/aromatic N) is 3. The van der Waals surface area contributed by atoms with E-state index in [9.17, 15) is 4.39 Å². The summed E-state index contributed by atoms with van der Waals surface area (Å²) in [4.78, 5) is 9.27. The van der Waals surface area contributed by atoms with E-state index < -0.39 is 0 Å². The van der Waals surface area contributed by atoms with Crippen LogP contribution in [0.3, 0.4) is 0 Å². The van der Waals surface area contributed by atoms with E-state index in [1.54, 1.807) is 6.26 Å². The first-order valence-electron chi connectivity index (χ1n) is 8.61. The Kier molecular flexibility index (Phi) is 5.04. The summed E-state index contributed by atoms with van der Waals surface area (Å²) in [7, 11) is 0. The van der Waals surface area contributed by atoms with Crippen LogP contribution in [-0.2, 0) is 6.54 Å². The number of anilines is 1. The van der Waals surface area contributed by atoms with Crippen molar-refractivity contribution in [3.63, 3.8) is 0 Å². The number of hydrogen-bond acceptors (Lipinski definition) is 4. The van der Waals surface area contributed by atoms with Crippen molar-refractivity contribution in [3.8, 4) is 11.5 Å². The lowest BCUT2D eigenvalue weighted by atomic mass is 10.2. The molecule has 0 spiro atoms. The largest absolute Gasteiger partial charge is 0.444 e. The van der Waals surface area contributed by atoms with Crippen LogP contribution in [0.4, 0.5) is 10.1 Å². The zero-order valence-corrected chi connectivity index (χ0v) is 15.8. The molecule has 1 aliphatic heterocycles. The highest BCUT2D eigenvalue weighted by Crippen LogP contribution is 2.27. The molecule has 0 amide bonds. The molecule has 4 nitrogen and oxygen atoms in total. The highest BCUT2D eigenvalue weighted by Gasteiger charge is 2.19. The van der Waals surface area contributed by atoms with Crippen LogP contribution < -0.4 is 4.90 Å². The second kappa shape index (κ2) is 7.60. The summed E-state index contributed by atoms with van der Waals surface area (Å²) in [6.45, 7) is 4.48. The van der Waals surface area contributed by atoms with Gasteiger partial charge in [0.1, 0.15) is 12.1 Å². The van der Waals surface area contributed by atoms with Crippen LogP contribution in [0.1, 0.15) is 5.69 Å². The molecule has 2 heterocycles. The van der Waals surface area contributed by atoms with Crippen molar-refractivity contribution in [2.45, 2.75) is 6.54 Å². The van der Waals surface area contributed by atoms with Gasteiger partial charge in [-0.25, -0.2) is 9.37 Å². The molecule has 1 aromatic heterocycles. The van der Waals surface area contributed by atoms with Gasteiger partial charge in [0.15, 0.2) is 0 Å². The van der Waals surface area contributed by atoms with Crippen LogP contribution in [0.25, 0.3) is 11.5 Å². The molecule has 0 aliphatic carbocycles. The van der Waals surface area contributed by atoms with Crippen molar-refractivity contribution in [2.24, 2.45) is 0 Å². The third-order valence-electron chi connectivity index (χ3n) is 4.61. The fraction of sp³-hybridized carbons (Fsp3) is 0.250. The van der Waals surface area contributed by atoms with Crippen molar-refractivity contribution < 1.29 is 8.81 Å². The Balaban J connectivity index is 1.36. The maximum atomic E-state index is 13.1. The predicted octanol–water partition coefficient (Wildman–Crippen LogP) is 4.57. The lowest BCUT2D eigenvalue weighted by molar-refractivity contribution is 0.247. The quantitative estimate of drug-likeness (QED) is 0.624. The zero-order chi connectivity index (χ0) is 17.9. The standard InChI is InChI=1S/C20H19BrFN3O/c21-19-4-2-1-3-18(19)20-23-16(14-26-20)13-24-9-11-25(12-10-24)17-7-5-15(22)6-8-17/h1-8,14H,9-13H2. The maximum Gasteiger partial charge on any atom is 0.227 e. The Bertz CT molecular complexity index is 873. The Morgan fingerprint density at radius 3 is 2.46 bits per heavy atom. The minimum Gasteiger partial charge on any atom is -0.444 e. The van der Waals surface area contributed by atoms with Gasteiger partial charge in [0.25, 0.3) is 0 Å². The smallest absolute Gasteiger partial charge is 0.227 e. The van der Waals surface area contributed by atoms with Crippen molar-refractivity contribution in [1.29, 1.82) is 0 Å². The summed E-state index contributed by atoms with van der Waals surface area (Å²) >= 11 is 3.53. The first kappa shape index (κ1) is 17.2. The van der Waals surface area contributed by atoms with Crippen molar-refractivity contribution in [1.82, 2.24) is 9.88 Å².